The zero-order valence-electron chi connectivity index (χ0n) is 14.8. The molecule has 0 aliphatic carbocycles. The van der Waals surface area contributed by atoms with Gasteiger partial charge in [-0.15, -0.1) is 0 Å². The summed E-state index contributed by atoms with van der Waals surface area (Å²) in [5.41, 5.74) is 3.68. The number of carbonyl (C=O) groups excluding carboxylic acids is 1. The van der Waals surface area contributed by atoms with Crippen molar-refractivity contribution in [2.24, 2.45) is 0 Å². The van der Waals surface area contributed by atoms with Crippen LogP contribution in [0.4, 0.5) is 9.52 Å². The standard InChI is InChI=1S/C20H20FN3OS/c1-13-7-8-17-18(14(13)2)22-20(26-17)24-11-9-23(10-12-24)19(25)15-5-3-4-6-16(15)21/h3-8H,9-12H2,1-2H3. The van der Waals surface area contributed by atoms with Gasteiger partial charge in [0.15, 0.2) is 5.13 Å². The first-order valence-corrected chi connectivity index (χ1v) is 9.52. The number of piperazine rings is 1. The number of amides is 1. The van der Waals surface area contributed by atoms with Crippen molar-refractivity contribution in [3.63, 3.8) is 0 Å². The number of aryl methyl sites for hydroxylation is 2. The Kier molecular flexibility index (Phi) is 4.36. The maximum absolute atomic E-state index is 13.9. The number of nitrogens with zero attached hydrogens (tertiary/aromatic N) is 3. The highest BCUT2D eigenvalue weighted by atomic mass is 32.1. The Hall–Kier alpha value is -2.47. The van der Waals surface area contributed by atoms with Crippen molar-refractivity contribution >= 4 is 32.6 Å². The van der Waals surface area contributed by atoms with E-state index in [0.29, 0.717) is 26.2 Å². The van der Waals surface area contributed by atoms with Crippen LogP contribution >= 0.6 is 11.3 Å². The van der Waals surface area contributed by atoms with Gasteiger partial charge in [0.2, 0.25) is 0 Å². The number of rotatable bonds is 2. The molecule has 1 aromatic heterocycles. The van der Waals surface area contributed by atoms with Gasteiger partial charge >= 0.3 is 0 Å². The zero-order chi connectivity index (χ0) is 18.3. The molecule has 1 amide bonds. The van der Waals surface area contributed by atoms with Gasteiger partial charge < -0.3 is 9.80 Å². The second-order valence-electron chi connectivity index (χ2n) is 6.61. The summed E-state index contributed by atoms with van der Waals surface area (Å²) >= 11 is 1.69. The molecule has 3 aromatic rings. The molecule has 2 aromatic carbocycles. The van der Waals surface area contributed by atoms with Crippen molar-refractivity contribution in [3.05, 3.63) is 58.9 Å². The molecular weight excluding hydrogens is 349 g/mol. The molecule has 4 nitrogen and oxygen atoms in total. The molecule has 0 unspecified atom stereocenters. The molecule has 0 saturated carbocycles. The van der Waals surface area contributed by atoms with Gasteiger partial charge in [-0.2, -0.15) is 0 Å². The van der Waals surface area contributed by atoms with E-state index >= 15 is 0 Å². The smallest absolute Gasteiger partial charge is 0.256 e. The lowest BCUT2D eigenvalue weighted by atomic mass is 10.1. The highest BCUT2D eigenvalue weighted by Crippen LogP contribution is 2.32. The van der Waals surface area contributed by atoms with Gasteiger partial charge in [0.05, 0.1) is 15.8 Å². The number of hydrogen-bond acceptors (Lipinski definition) is 4. The number of halogens is 1. The third kappa shape index (κ3) is 2.94. The summed E-state index contributed by atoms with van der Waals surface area (Å²) in [5.74, 6) is -0.699. The summed E-state index contributed by atoms with van der Waals surface area (Å²) in [6.45, 7) is 6.76. The number of fused-ring (bicyclic) bond motifs is 1. The lowest BCUT2D eigenvalue weighted by Crippen LogP contribution is -2.49. The Balaban J connectivity index is 1.49. The van der Waals surface area contributed by atoms with E-state index in [-0.39, 0.29) is 11.5 Å². The normalized spacial score (nSPS) is 14.9. The highest BCUT2D eigenvalue weighted by Gasteiger charge is 2.25. The van der Waals surface area contributed by atoms with E-state index in [1.807, 2.05) is 0 Å². The third-order valence-electron chi connectivity index (χ3n) is 5.02. The second-order valence-corrected chi connectivity index (χ2v) is 7.62. The maximum Gasteiger partial charge on any atom is 0.256 e. The van der Waals surface area contributed by atoms with Crippen LogP contribution in [-0.4, -0.2) is 42.0 Å². The fourth-order valence-corrected chi connectivity index (χ4v) is 4.33. The lowest BCUT2D eigenvalue weighted by Gasteiger charge is -2.34. The molecule has 2 heterocycles. The van der Waals surface area contributed by atoms with E-state index in [1.165, 1.54) is 21.9 Å². The van der Waals surface area contributed by atoms with Crippen molar-refractivity contribution in [1.82, 2.24) is 9.88 Å². The molecule has 0 radical (unpaired) electrons. The molecule has 1 aliphatic heterocycles. The monoisotopic (exact) mass is 369 g/mol. The van der Waals surface area contributed by atoms with Gasteiger partial charge in [-0.05, 0) is 43.2 Å². The van der Waals surface area contributed by atoms with E-state index in [0.717, 1.165) is 10.6 Å². The molecule has 1 fully saturated rings. The van der Waals surface area contributed by atoms with E-state index in [4.69, 9.17) is 4.98 Å². The minimum Gasteiger partial charge on any atom is -0.345 e. The number of hydrogen-bond donors (Lipinski definition) is 0. The van der Waals surface area contributed by atoms with Crippen molar-refractivity contribution in [3.8, 4) is 0 Å². The Morgan fingerprint density at radius 3 is 2.54 bits per heavy atom. The Morgan fingerprint density at radius 1 is 1.08 bits per heavy atom. The van der Waals surface area contributed by atoms with Crippen molar-refractivity contribution in [2.75, 3.05) is 31.1 Å². The summed E-state index contributed by atoms with van der Waals surface area (Å²) in [5, 5.41) is 0.992. The molecule has 0 N–H and O–H groups in total. The fraction of sp³-hybridized carbons (Fsp3) is 0.300. The van der Waals surface area contributed by atoms with E-state index in [2.05, 4.69) is 30.9 Å². The summed E-state index contributed by atoms with van der Waals surface area (Å²) in [7, 11) is 0. The molecule has 1 aliphatic rings. The Bertz CT molecular complexity index is 976. The van der Waals surface area contributed by atoms with Gasteiger partial charge in [-0.25, -0.2) is 9.37 Å². The number of benzene rings is 2. The van der Waals surface area contributed by atoms with Crippen molar-refractivity contribution < 1.29 is 9.18 Å². The summed E-state index contributed by atoms with van der Waals surface area (Å²) in [4.78, 5) is 21.3. The summed E-state index contributed by atoms with van der Waals surface area (Å²) in [6, 6.07) is 10.4. The average Bonchev–Trinajstić information content (AvgIpc) is 3.10. The molecule has 1 saturated heterocycles. The summed E-state index contributed by atoms with van der Waals surface area (Å²) < 4.78 is 15.0. The molecular formula is C20H20FN3OS. The average molecular weight is 369 g/mol. The predicted molar refractivity (Wildman–Crippen MR) is 104 cm³/mol. The zero-order valence-corrected chi connectivity index (χ0v) is 15.6. The van der Waals surface area contributed by atoms with E-state index in [9.17, 15) is 9.18 Å². The van der Waals surface area contributed by atoms with Gasteiger partial charge in [-0.1, -0.05) is 29.5 Å². The Labute approximate surface area is 155 Å². The van der Waals surface area contributed by atoms with Crippen LogP contribution in [-0.2, 0) is 0 Å². The van der Waals surface area contributed by atoms with Crippen LogP contribution in [0, 0.1) is 19.7 Å². The first-order valence-electron chi connectivity index (χ1n) is 8.70. The maximum atomic E-state index is 13.9. The molecule has 4 rings (SSSR count). The number of thiazole rings is 1. The molecule has 0 atom stereocenters. The van der Waals surface area contributed by atoms with Crippen LogP contribution in [0.25, 0.3) is 10.2 Å². The Morgan fingerprint density at radius 2 is 1.81 bits per heavy atom. The van der Waals surface area contributed by atoms with Crippen LogP contribution in [0.1, 0.15) is 21.5 Å². The quantitative estimate of drug-likeness (QED) is 0.685. The minimum atomic E-state index is -0.461. The molecule has 134 valence electrons. The second kappa shape index (κ2) is 6.68. The van der Waals surface area contributed by atoms with Crippen LogP contribution < -0.4 is 4.90 Å². The molecule has 26 heavy (non-hydrogen) atoms. The first kappa shape index (κ1) is 17.0. The van der Waals surface area contributed by atoms with Crippen LogP contribution in [0.5, 0.6) is 0 Å². The summed E-state index contributed by atoms with van der Waals surface area (Å²) in [6.07, 6.45) is 0. The van der Waals surface area contributed by atoms with E-state index in [1.54, 1.807) is 34.4 Å². The largest absolute Gasteiger partial charge is 0.345 e. The van der Waals surface area contributed by atoms with Crippen LogP contribution in [0.2, 0.25) is 0 Å². The van der Waals surface area contributed by atoms with Crippen LogP contribution in [0.15, 0.2) is 36.4 Å². The molecule has 6 heteroatoms. The van der Waals surface area contributed by atoms with Crippen LogP contribution in [0.3, 0.4) is 0 Å². The SMILES string of the molecule is Cc1ccc2sc(N3CCN(C(=O)c4ccccc4F)CC3)nc2c1C. The molecule has 0 bridgehead atoms. The van der Waals surface area contributed by atoms with Crippen molar-refractivity contribution in [1.29, 1.82) is 0 Å². The van der Waals surface area contributed by atoms with Gasteiger partial charge in [-0.3, -0.25) is 4.79 Å². The highest BCUT2D eigenvalue weighted by molar-refractivity contribution is 7.22. The number of anilines is 1. The van der Waals surface area contributed by atoms with E-state index < -0.39 is 5.82 Å². The van der Waals surface area contributed by atoms with Gasteiger partial charge in [0.1, 0.15) is 5.82 Å². The first-order chi connectivity index (χ1) is 12.5. The van der Waals surface area contributed by atoms with Gasteiger partial charge in [0, 0.05) is 26.2 Å². The third-order valence-corrected chi connectivity index (χ3v) is 6.10. The topological polar surface area (TPSA) is 36.4 Å². The van der Waals surface area contributed by atoms with Gasteiger partial charge in [0.25, 0.3) is 5.91 Å². The lowest BCUT2D eigenvalue weighted by molar-refractivity contribution is 0.0742. The predicted octanol–water partition coefficient (Wildman–Crippen LogP) is 4.01. The molecule has 0 spiro atoms. The number of aromatic nitrogens is 1. The number of carbonyl (C=O) groups is 1. The van der Waals surface area contributed by atoms with Crippen molar-refractivity contribution in [2.45, 2.75) is 13.8 Å². The minimum absolute atomic E-state index is 0.145. The fourth-order valence-electron chi connectivity index (χ4n) is 3.26.